The number of hydrogen-bond acceptors (Lipinski definition) is 4. The summed E-state index contributed by atoms with van der Waals surface area (Å²) in [5.74, 6) is -2.69. The molecule has 1 amide bonds. The number of anilines is 1. The number of ether oxygens (including phenoxy) is 1. The van der Waals surface area contributed by atoms with Crippen LogP contribution in [0.3, 0.4) is 0 Å². The maximum Gasteiger partial charge on any atom is 0.257 e. The van der Waals surface area contributed by atoms with Gasteiger partial charge in [-0.05, 0) is 35.9 Å². The van der Waals surface area contributed by atoms with Crippen molar-refractivity contribution < 1.29 is 26.7 Å². The van der Waals surface area contributed by atoms with E-state index in [0.29, 0.717) is 22.8 Å². The summed E-state index contributed by atoms with van der Waals surface area (Å²) >= 11 is 0. The van der Waals surface area contributed by atoms with Gasteiger partial charge in [0.25, 0.3) is 15.9 Å². The number of fused-ring (bicyclic) bond motifs is 1. The van der Waals surface area contributed by atoms with Crippen molar-refractivity contribution in [3.63, 3.8) is 0 Å². The number of nitrogens with zero attached hydrogens (tertiary/aromatic N) is 1. The van der Waals surface area contributed by atoms with Crippen LogP contribution in [0.1, 0.15) is 5.56 Å². The minimum Gasteiger partial charge on any atom is -0.454 e. The molecule has 0 spiro atoms. The third kappa shape index (κ3) is 4.28. The Morgan fingerprint density at radius 1 is 1.09 bits per heavy atom. The van der Waals surface area contributed by atoms with Crippen LogP contribution in [0.15, 0.2) is 83.3 Å². The van der Waals surface area contributed by atoms with Crippen LogP contribution in [0.25, 0.3) is 5.57 Å². The van der Waals surface area contributed by atoms with Gasteiger partial charge in [0, 0.05) is 34.5 Å². The molecule has 9 heteroatoms. The Labute approximate surface area is 183 Å². The number of nitrogens with one attached hydrogen (secondary N) is 1. The number of dihydropyridines is 1. The Bertz CT molecular complexity index is 1360. The first-order chi connectivity index (χ1) is 15.3. The van der Waals surface area contributed by atoms with Gasteiger partial charge in [0.05, 0.1) is 5.92 Å². The summed E-state index contributed by atoms with van der Waals surface area (Å²) in [6.07, 6.45) is 8.27. The Hall–Kier alpha value is -3.85. The Morgan fingerprint density at radius 3 is 2.62 bits per heavy atom. The van der Waals surface area contributed by atoms with Crippen molar-refractivity contribution in [1.29, 1.82) is 0 Å². The Balaban J connectivity index is 1.86. The van der Waals surface area contributed by atoms with Crippen molar-refractivity contribution in [2.75, 3.05) is 4.72 Å². The van der Waals surface area contributed by atoms with E-state index < -0.39 is 27.6 Å². The predicted molar refractivity (Wildman–Crippen MR) is 118 cm³/mol. The highest BCUT2D eigenvalue weighted by atomic mass is 32.2. The van der Waals surface area contributed by atoms with Crippen molar-refractivity contribution >= 4 is 33.4 Å². The molecule has 0 bridgehead atoms. The number of aliphatic imine (C=N–C) groups is 1. The minimum absolute atomic E-state index is 0.155. The Morgan fingerprint density at radius 2 is 1.88 bits per heavy atom. The number of carbonyl (C=O) groups is 1. The third-order valence-corrected chi connectivity index (χ3v) is 5.75. The van der Waals surface area contributed by atoms with Gasteiger partial charge in [0.15, 0.2) is 11.6 Å². The first-order valence-corrected chi connectivity index (χ1v) is 10.9. The molecule has 0 fully saturated rings. The summed E-state index contributed by atoms with van der Waals surface area (Å²) in [5, 5.41) is 0.762. The van der Waals surface area contributed by atoms with Crippen LogP contribution in [0, 0.1) is 17.6 Å². The second-order valence-corrected chi connectivity index (χ2v) is 8.52. The second kappa shape index (κ2) is 8.35. The molecule has 162 valence electrons. The molecule has 0 aromatic heterocycles. The molecular weight excluding hydrogens is 438 g/mol. The predicted octanol–water partition coefficient (Wildman–Crippen LogP) is 4.75. The summed E-state index contributed by atoms with van der Waals surface area (Å²) in [6.45, 7) is 3.26. The number of amides is 1. The lowest BCUT2D eigenvalue weighted by Gasteiger charge is -2.23. The van der Waals surface area contributed by atoms with Crippen molar-refractivity contribution in [2.24, 2.45) is 10.9 Å². The molecule has 6 nitrogen and oxygen atoms in total. The summed E-state index contributed by atoms with van der Waals surface area (Å²) in [4.78, 5) is 16.1. The van der Waals surface area contributed by atoms with E-state index in [-0.39, 0.29) is 23.1 Å². The van der Waals surface area contributed by atoms with Gasteiger partial charge in [-0.25, -0.2) is 22.2 Å². The molecule has 1 unspecified atom stereocenters. The number of benzene rings is 2. The number of carbonyl (C=O) groups excluding carboxylic acids is 1. The first-order valence-electron chi connectivity index (χ1n) is 9.37. The lowest BCUT2D eigenvalue weighted by Crippen LogP contribution is -2.19. The molecule has 0 saturated carbocycles. The smallest absolute Gasteiger partial charge is 0.257 e. The lowest BCUT2D eigenvalue weighted by molar-refractivity contribution is -0.119. The fourth-order valence-electron chi connectivity index (χ4n) is 3.30. The van der Waals surface area contributed by atoms with Crippen LogP contribution in [0.4, 0.5) is 14.5 Å². The van der Waals surface area contributed by atoms with E-state index >= 15 is 0 Å². The van der Waals surface area contributed by atoms with Crippen molar-refractivity contribution in [3.05, 3.63) is 95.5 Å². The minimum atomic E-state index is -3.79. The van der Waals surface area contributed by atoms with Crippen LogP contribution in [0.2, 0.25) is 0 Å². The first kappa shape index (κ1) is 21.4. The topological polar surface area (TPSA) is 84.8 Å². The molecule has 2 aliphatic rings. The van der Waals surface area contributed by atoms with Crippen LogP contribution in [0.5, 0.6) is 11.5 Å². The van der Waals surface area contributed by atoms with Gasteiger partial charge in [-0.2, -0.15) is 0 Å². The van der Waals surface area contributed by atoms with Gasteiger partial charge in [0.2, 0.25) is 0 Å². The SMILES string of the molecule is C=CS(=O)(=O)Nc1ccc(Oc2ccc(F)cc2F)c(C2=C3C=CC=CC3C(=O)N=C2)c1. The quantitative estimate of drug-likeness (QED) is 0.683. The summed E-state index contributed by atoms with van der Waals surface area (Å²) in [7, 11) is -3.79. The normalized spacial score (nSPS) is 17.3. The lowest BCUT2D eigenvalue weighted by atomic mass is 9.85. The third-order valence-electron chi connectivity index (χ3n) is 4.79. The molecule has 2 aromatic carbocycles. The highest BCUT2D eigenvalue weighted by Crippen LogP contribution is 2.39. The van der Waals surface area contributed by atoms with Crippen LogP contribution in [-0.2, 0) is 14.8 Å². The zero-order valence-corrected chi connectivity index (χ0v) is 17.3. The monoisotopic (exact) mass is 454 g/mol. The number of allylic oxidation sites excluding steroid dienone is 4. The van der Waals surface area contributed by atoms with Crippen LogP contribution in [-0.4, -0.2) is 20.5 Å². The average molecular weight is 454 g/mol. The largest absolute Gasteiger partial charge is 0.454 e. The molecule has 4 rings (SSSR count). The van der Waals surface area contributed by atoms with E-state index in [2.05, 4.69) is 16.3 Å². The Kier molecular flexibility index (Phi) is 5.58. The van der Waals surface area contributed by atoms with Crippen molar-refractivity contribution in [2.45, 2.75) is 0 Å². The molecule has 1 N–H and O–H groups in total. The molecule has 0 saturated heterocycles. The number of sulfonamides is 1. The molecule has 1 heterocycles. The standard InChI is InChI=1S/C23H16F2N2O4S/c1-2-32(29,30)27-15-8-10-21(31-22-9-7-14(24)11-20(22)25)18(12-15)19-13-26-23(28)17-6-4-3-5-16(17)19/h2-13,17,27H,1H2. The average Bonchev–Trinajstić information content (AvgIpc) is 2.77. The van der Waals surface area contributed by atoms with Gasteiger partial charge in [0.1, 0.15) is 11.6 Å². The number of rotatable bonds is 6. The molecule has 0 radical (unpaired) electrons. The second-order valence-electron chi connectivity index (χ2n) is 6.89. The maximum absolute atomic E-state index is 14.2. The van der Waals surface area contributed by atoms with Gasteiger partial charge in [-0.1, -0.05) is 30.9 Å². The van der Waals surface area contributed by atoms with Gasteiger partial charge in [-0.15, -0.1) is 0 Å². The highest BCUT2D eigenvalue weighted by Gasteiger charge is 2.28. The summed E-state index contributed by atoms with van der Waals surface area (Å²) < 4.78 is 59.4. The molecular formula is C23H16F2N2O4S. The van der Waals surface area contributed by atoms with E-state index in [4.69, 9.17) is 4.74 Å². The van der Waals surface area contributed by atoms with Gasteiger partial charge < -0.3 is 4.74 Å². The van der Waals surface area contributed by atoms with Gasteiger partial charge >= 0.3 is 0 Å². The molecule has 1 aliphatic carbocycles. The summed E-state index contributed by atoms with van der Waals surface area (Å²) in [5.41, 5.74) is 1.67. The molecule has 2 aromatic rings. The molecule has 1 atom stereocenters. The van der Waals surface area contributed by atoms with Crippen LogP contribution >= 0.6 is 0 Å². The molecule has 1 aliphatic heterocycles. The maximum atomic E-state index is 14.2. The fraction of sp³-hybridized carbons (Fsp3) is 0.0435. The summed E-state index contributed by atoms with van der Waals surface area (Å²) in [6, 6.07) is 7.23. The van der Waals surface area contributed by atoms with E-state index in [1.165, 1.54) is 24.4 Å². The van der Waals surface area contributed by atoms with Crippen molar-refractivity contribution in [3.8, 4) is 11.5 Å². The number of halogens is 2. The van der Waals surface area contributed by atoms with E-state index in [1.54, 1.807) is 24.3 Å². The zero-order chi connectivity index (χ0) is 22.9. The van der Waals surface area contributed by atoms with E-state index in [9.17, 15) is 22.0 Å². The van der Waals surface area contributed by atoms with E-state index in [1.807, 2.05) is 0 Å². The van der Waals surface area contributed by atoms with Crippen molar-refractivity contribution in [1.82, 2.24) is 0 Å². The number of hydrogen-bond donors (Lipinski definition) is 1. The molecule has 32 heavy (non-hydrogen) atoms. The van der Waals surface area contributed by atoms with Gasteiger partial charge in [-0.3, -0.25) is 9.52 Å². The highest BCUT2D eigenvalue weighted by molar-refractivity contribution is 7.95. The van der Waals surface area contributed by atoms with E-state index in [0.717, 1.165) is 17.5 Å². The van der Waals surface area contributed by atoms with Crippen LogP contribution < -0.4 is 9.46 Å². The zero-order valence-electron chi connectivity index (χ0n) is 16.5. The fourth-order valence-corrected chi connectivity index (χ4v) is 3.84.